The third-order valence-corrected chi connectivity index (χ3v) is 3.40. The number of aryl methyl sites for hydroxylation is 2. The Hall–Kier alpha value is -1.09. The lowest BCUT2D eigenvalue weighted by Gasteiger charge is -2.25. The van der Waals surface area contributed by atoms with Gasteiger partial charge in [-0.2, -0.15) is 0 Å². The van der Waals surface area contributed by atoms with E-state index in [1.54, 1.807) is 7.11 Å². The quantitative estimate of drug-likeness (QED) is 0.830. The van der Waals surface area contributed by atoms with Gasteiger partial charge in [-0.05, 0) is 37.2 Å². The first-order valence-electron chi connectivity index (χ1n) is 6.72. The highest BCUT2D eigenvalue weighted by molar-refractivity contribution is 7.80. The van der Waals surface area contributed by atoms with Crippen molar-refractivity contribution in [1.29, 1.82) is 0 Å². The van der Waals surface area contributed by atoms with E-state index in [0.29, 0.717) is 4.99 Å². The van der Waals surface area contributed by atoms with Crippen molar-refractivity contribution in [2.75, 3.05) is 7.11 Å². The molecule has 0 bridgehead atoms. The zero-order valence-electron chi connectivity index (χ0n) is 12.7. The van der Waals surface area contributed by atoms with Crippen LogP contribution in [0.4, 0.5) is 0 Å². The maximum Gasteiger partial charge on any atom is 0.125 e. The molecule has 2 N–H and O–H groups in total. The Labute approximate surface area is 122 Å². The minimum Gasteiger partial charge on any atom is -0.496 e. The number of benzene rings is 1. The first-order chi connectivity index (χ1) is 8.75. The highest BCUT2D eigenvalue weighted by Gasteiger charge is 2.21. The van der Waals surface area contributed by atoms with Gasteiger partial charge in [0, 0.05) is 5.56 Å². The van der Waals surface area contributed by atoms with Crippen LogP contribution in [-0.4, -0.2) is 12.1 Å². The third-order valence-electron chi connectivity index (χ3n) is 3.19. The number of rotatable bonds is 5. The van der Waals surface area contributed by atoms with E-state index in [4.69, 9.17) is 22.7 Å². The summed E-state index contributed by atoms with van der Waals surface area (Å²) in [5, 5.41) is 0. The molecule has 0 aromatic heterocycles. The van der Waals surface area contributed by atoms with Gasteiger partial charge >= 0.3 is 0 Å². The zero-order chi connectivity index (χ0) is 14.6. The van der Waals surface area contributed by atoms with Crippen molar-refractivity contribution in [2.45, 2.75) is 52.4 Å². The second-order valence-corrected chi connectivity index (χ2v) is 6.60. The summed E-state index contributed by atoms with van der Waals surface area (Å²) in [6, 6.07) is 4.42. The monoisotopic (exact) mass is 279 g/mol. The molecule has 3 heteroatoms. The van der Waals surface area contributed by atoms with Gasteiger partial charge in [0.05, 0.1) is 12.1 Å². The average molecular weight is 279 g/mol. The molecule has 0 aliphatic rings. The van der Waals surface area contributed by atoms with Crippen LogP contribution in [0.2, 0.25) is 0 Å². The van der Waals surface area contributed by atoms with Gasteiger partial charge in [0.1, 0.15) is 5.75 Å². The summed E-state index contributed by atoms with van der Waals surface area (Å²) in [6.07, 6.45) is 2.71. The Bertz CT molecular complexity index is 461. The zero-order valence-corrected chi connectivity index (χ0v) is 13.5. The topological polar surface area (TPSA) is 35.2 Å². The van der Waals surface area contributed by atoms with Crippen molar-refractivity contribution >= 4 is 17.2 Å². The van der Waals surface area contributed by atoms with Crippen molar-refractivity contribution in [2.24, 2.45) is 5.73 Å². The third kappa shape index (κ3) is 4.50. The van der Waals surface area contributed by atoms with E-state index >= 15 is 0 Å². The Morgan fingerprint density at radius 1 is 1.32 bits per heavy atom. The molecule has 0 saturated carbocycles. The Morgan fingerprint density at radius 3 is 2.42 bits per heavy atom. The smallest absolute Gasteiger partial charge is 0.125 e. The Kier molecular flexibility index (Phi) is 5.36. The molecule has 0 aliphatic heterocycles. The normalized spacial score (nSPS) is 11.4. The molecule has 2 nitrogen and oxygen atoms in total. The van der Waals surface area contributed by atoms with Crippen LogP contribution in [0.3, 0.4) is 0 Å². The molecule has 0 fully saturated rings. The Morgan fingerprint density at radius 2 is 1.95 bits per heavy atom. The molecule has 0 unspecified atom stereocenters. The second kappa shape index (κ2) is 6.38. The summed E-state index contributed by atoms with van der Waals surface area (Å²) in [7, 11) is 1.75. The highest BCUT2D eigenvalue weighted by Crippen LogP contribution is 2.35. The van der Waals surface area contributed by atoms with Crippen molar-refractivity contribution < 1.29 is 4.74 Å². The van der Waals surface area contributed by atoms with Crippen LogP contribution in [0.5, 0.6) is 5.75 Å². The fourth-order valence-electron chi connectivity index (χ4n) is 2.29. The van der Waals surface area contributed by atoms with E-state index in [2.05, 4.69) is 39.8 Å². The van der Waals surface area contributed by atoms with Gasteiger partial charge in [-0.25, -0.2) is 0 Å². The maximum atomic E-state index is 5.65. The molecule has 1 aromatic carbocycles. The van der Waals surface area contributed by atoms with Crippen LogP contribution >= 0.6 is 12.2 Å². The summed E-state index contributed by atoms with van der Waals surface area (Å²) in [6.45, 7) is 8.76. The number of ether oxygens (including phenoxy) is 1. The van der Waals surface area contributed by atoms with Crippen LogP contribution in [0.15, 0.2) is 12.1 Å². The van der Waals surface area contributed by atoms with Gasteiger partial charge in [-0.3, -0.25) is 0 Å². The molecule has 0 heterocycles. The van der Waals surface area contributed by atoms with Gasteiger partial charge in [0.15, 0.2) is 0 Å². The number of hydrogen-bond donors (Lipinski definition) is 1. The fourth-order valence-corrected chi connectivity index (χ4v) is 2.43. The first-order valence-corrected chi connectivity index (χ1v) is 7.13. The molecule has 106 valence electrons. The number of thiocarbonyl (C=S) groups is 1. The van der Waals surface area contributed by atoms with Gasteiger partial charge in [-0.15, -0.1) is 0 Å². The van der Waals surface area contributed by atoms with Crippen LogP contribution in [0.1, 0.15) is 50.3 Å². The lowest BCUT2D eigenvalue weighted by molar-refractivity contribution is 0.392. The largest absolute Gasteiger partial charge is 0.496 e. The molecular weight excluding hydrogens is 254 g/mol. The molecule has 0 spiro atoms. The number of hydrogen-bond acceptors (Lipinski definition) is 2. The Balaban J connectivity index is 3.09. The van der Waals surface area contributed by atoms with Crippen molar-refractivity contribution in [1.82, 2.24) is 0 Å². The van der Waals surface area contributed by atoms with Crippen molar-refractivity contribution in [3.8, 4) is 5.75 Å². The molecular formula is C16H25NOS. The summed E-state index contributed by atoms with van der Waals surface area (Å²) in [5.41, 5.74) is 9.43. The molecule has 0 amide bonds. The van der Waals surface area contributed by atoms with E-state index in [0.717, 1.165) is 25.0 Å². The van der Waals surface area contributed by atoms with Crippen LogP contribution < -0.4 is 10.5 Å². The van der Waals surface area contributed by atoms with E-state index < -0.39 is 0 Å². The summed E-state index contributed by atoms with van der Waals surface area (Å²) < 4.78 is 5.65. The van der Waals surface area contributed by atoms with Gasteiger partial charge in [0.2, 0.25) is 0 Å². The average Bonchev–Trinajstić information content (AvgIpc) is 2.26. The predicted octanol–water partition coefficient (Wildman–Crippen LogP) is 3.91. The molecule has 0 atom stereocenters. The van der Waals surface area contributed by atoms with Crippen LogP contribution in [0.25, 0.3) is 0 Å². The van der Waals surface area contributed by atoms with Gasteiger partial charge in [-0.1, -0.05) is 50.7 Å². The van der Waals surface area contributed by atoms with Crippen molar-refractivity contribution in [3.63, 3.8) is 0 Å². The lowest BCUT2D eigenvalue weighted by atomic mass is 9.83. The molecule has 19 heavy (non-hydrogen) atoms. The van der Waals surface area contributed by atoms with E-state index in [-0.39, 0.29) is 5.41 Å². The summed E-state index contributed by atoms with van der Waals surface area (Å²) in [5.74, 6) is 1.01. The van der Waals surface area contributed by atoms with E-state index in [9.17, 15) is 0 Å². The molecule has 0 aliphatic carbocycles. The van der Waals surface area contributed by atoms with Crippen LogP contribution in [-0.2, 0) is 11.8 Å². The van der Waals surface area contributed by atoms with Crippen molar-refractivity contribution in [3.05, 3.63) is 28.8 Å². The second-order valence-electron chi connectivity index (χ2n) is 6.07. The summed E-state index contributed by atoms with van der Waals surface area (Å²) in [4.78, 5) is 0.586. The molecule has 0 saturated heterocycles. The van der Waals surface area contributed by atoms with Gasteiger partial charge in [0.25, 0.3) is 0 Å². The fraction of sp³-hybridized carbons (Fsp3) is 0.562. The summed E-state index contributed by atoms with van der Waals surface area (Å²) >= 11 is 4.93. The highest BCUT2D eigenvalue weighted by atomic mass is 32.1. The maximum absolute atomic E-state index is 5.65. The molecule has 1 rings (SSSR count). The van der Waals surface area contributed by atoms with Crippen LogP contribution in [0, 0.1) is 6.92 Å². The SMILES string of the molecule is COc1c(CCCC(N)=S)cc(C)cc1C(C)(C)C. The minimum absolute atomic E-state index is 0.0787. The lowest BCUT2D eigenvalue weighted by Crippen LogP contribution is -2.15. The molecule has 1 aromatic rings. The standard InChI is InChI=1S/C16H25NOS/c1-11-9-12(7-6-8-14(17)19)15(18-5)13(10-11)16(2,3)4/h9-10H,6-8H2,1-5H3,(H2,17,19). The number of methoxy groups -OCH3 is 1. The van der Waals surface area contributed by atoms with Gasteiger partial charge < -0.3 is 10.5 Å². The minimum atomic E-state index is 0.0787. The molecule has 0 radical (unpaired) electrons. The first kappa shape index (κ1) is 16.0. The number of nitrogens with two attached hydrogens (primary N) is 1. The van der Waals surface area contributed by atoms with E-state index in [1.807, 2.05) is 0 Å². The van der Waals surface area contributed by atoms with E-state index in [1.165, 1.54) is 16.7 Å². The predicted molar refractivity (Wildman–Crippen MR) is 86.2 cm³/mol.